The van der Waals surface area contributed by atoms with Gasteiger partial charge in [-0.15, -0.1) is 0 Å². The molecular weight excluding hydrogens is 116 g/mol. The Kier molecular flexibility index (Phi) is 0.945. The standard InChI is InChI=1S/C7H12O2/c1-7(8)4-2-3-5-6(7)9-5/h5-6,8H,2-4H2,1H3/t5-,6-,7+/m1/s1. The second-order valence-electron chi connectivity index (χ2n) is 3.34. The van der Waals surface area contributed by atoms with E-state index in [4.69, 9.17) is 4.74 Å². The van der Waals surface area contributed by atoms with Gasteiger partial charge in [-0.05, 0) is 26.2 Å². The number of fused-ring (bicyclic) bond motifs is 1. The molecule has 52 valence electrons. The molecule has 0 aromatic heterocycles. The molecule has 0 aromatic rings. The largest absolute Gasteiger partial charge is 0.387 e. The summed E-state index contributed by atoms with van der Waals surface area (Å²) in [5.41, 5.74) is -0.511. The molecule has 2 heteroatoms. The lowest BCUT2D eigenvalue weighted by atomic mass is 9.87. The van der Waals surface area contributed by atoms with Crippen LogP contribution in [-0.4, -0.2) is 22.9 Å². The highest BCUT2D eigenvalue weighted by atomic mass is 16.6. The van der Waals surface area contributed by atoms with Gasteiger partial charge < -0.3 is 9.84 Å². The number of epoxide rings is 1. The SMILES string of the molecule is C[C@]1(O)CCC[C@H]2O[C@H]21. The summed E-state index contributed by atoms with van der Waals surface area (Å²) in [7, 11) is 0. The van der Waals surface area contributed by atoms with Crippen LogP contribution in [0.15, 0.2) is 0 Å². The van der Waals surface area contributed by atoms with Gasteiger partial charge in [0.25, 0.3) is 0 Å². The average molecular weight is 128 g/mol. The normalized spacial score (nSPS) is 56.7. The first-order valence-corrected chi connectivity index (χ1v) is 3.58. The smallest absolute Gasteiger partial charge is 0.112 e. The van der Waals surface area contributed by atoms with Crippen molar-refractivity contribution in [3.63, 3.8) is 0 Å². The van der Waals surface area contributed by atoms with Gasteiger partial charge >= 0.3 is 0 Å². The number of rotatable bonds is 0. The third-order valence-corrected chi connectivity index (χ3v) is 2.37. The van der Waals surface area contributed by atoms with E-state index in [0.717, 1.165) is 19.3 Å². The molecule has 1 heterocycles. The van der Waals surface area contributed by atoms with E-state index in [1.807, 2.05) is 6.92 Å². The molecule has 2 rings (SSSR count). The van der Waals surface area contributed by atoms with Crippen LogP contribution in [0, 0.1) is 0 Å². The van der Waals surface area contributed by atoms with Gasteiger partial charge in [0.05, 0.1) is 11.7 Å². The van der Waals surface area contributed by atoms with Crippen LogP contribution < -0.4 is 0 Å². The molecule has 9 heavy (non-hydrogen) atoms. The maximum Gasteiger partial charge on any atom is 0.112 e. The lowest BCUT2D eigenvalue weighted by Gasteiger charge is -2.23. The zero-order valence-electron chi connectivity index (χ0n) is 5.63. The molecule has 2 fully saturated rings. The van der Waals surface area contributed by atoms with Crippen LogP contribution in [0.2, 0.25) is 0 Å². The van der Waals surface area contributed by atoms with Gasteiger partial charge in [0.2, 0.25) is 0 Å². The van der Waals surface area contributed by atoms with E-state index in [0.29, 0.717) is 6.10 Å². The van der Waals surface area contributed by atoms with E-state index < -0.39 is 5.60 Å². The monoisotopic (exact) mass is 128 g/mol. The Bertz CT molecular complexity index is 131. The van der Waals surface area contributed by atoms with Gasteiger partial charge in [-0.25, -0.2) is 0 Å². The molecule has 0 bridgehead atoms. The number of hydrogen-bond donors (Lipinski definition) is 1. The minimum absolute atomic E-state index is 0.172. The zero-order chi connectivity index (χ0) is 6.48. The van der Waals surface area contributed by atoms with Crippen molar-refractivity contribution in [2.45, 2.75) is 44.0 Å². The lowest BCUT2D eigenvalue weighted by Crippen LogP contribution is -2.35. The van der Waals surface area contributed by atoms with Gasteiger partial charge in [-0.2, -0.15) is 0 Å². The summed E-state index contributed by atoms with van der Waals surface area (Å²) in [5, 5.41) is 9.56. The van der Waals surface area contributed by atoms with Crippen molar-refractivity contribution < 1.29 is 9.84 Å². The van der Waals surface area contributed by atoms with E-state index >= 15 is 0 Å². The Morgan fingerprint density at radius 3 is 3.00 bits per heavy atom. The molecule has 1 aliphatic heterocycles. The summed E-state index contributed by atoms with van der Waals surface area (Å²) < 4.78 is 5.24. The molecular formula is C7H12O2. The lowest BCUT2D eigenvalue weighted by molar-refractivity contribution is 0.0174. The first-order valence-electron chi connectivity index (χ1n) is 3.58. The van der Waals surface area contributed by atoms with Gasteiger partial charge in [-0.3, -0.25) is 0 Å². The number of aliphatic hydroxyl groups is 1. The van der Waals surface area contributed by atoms with Crippen LogP contribution >= 0.6 is 0 Å². The molecule has 0 radical (unpaired) electrons. The molecule has 1 aliphatic carbocycles. The van der Waals surface area contributed by atoms with Crippen molar-refractivity contribution in [3.8, 4) is 0 Å². The van der Waals surface area contributed by atoms with Crippen LogP contribution in [0.4, 0.5) is 0 Å². The summed E-state index contributed by atoms with van der Waals surface area (Å²) >= 11 is 0. The molecule has 0 aromatic carbocycles. The summed E-state index contributed by atoms with van der Waals surface area (Å²) in [6.45, 7) is 1.87. The summed E-state index contributed by atoms with van der Waals surface area (Å²) in [5.74, 6) is 0. The average Bonchev–Trinajstić information content (AvgIpc) is 2.43. The Morgan fingerprint density at radius 2 is 2.44 bits per heavy atom. The Morgan fingerprint density at radius 1 is 1.67 bits per heavy atom. The zero-order valence-corrected chi connectivity index (χ0v) is 5.63. The quantitative estimate of drug-likeness (QED) is 0.487. The van der Waals surface area contributed by atoms with Crippen LogP contribution in [0.5, 0.6) is 0 Å². The van der Waals surface area contributed by atoms with Crippen molar-refractivity contribution in [1.82, 2.24) is 0 Å². The minimum Gasteiger partial charge on any atom is -0.387 e. The maximum absolute atomic E-state index is 9.56. The van der Waals surface area contributed by atoms with Crippen molar-refractivity contribution >= 4 is 0 Å². The molecule has 0 spiro atoms. The first-order chi connectivity index (χ1) is 4.20. The highest BCUT2D eigenvalue weighted by Gasteiger charge is 2.53. The first kappa shape index (κ1) is 5.69. The Balaban J connectivity index is 2.09. The van der Waals surface area contributed by atoms with E-state index in [1.165, 1.54) is 0 Å². The molecule has 0 unspecified atom stereocenters. The molecule has 3 atom stereocenters. The third kappa shape index (κ3) is 0.775. The van der Waals surface area contributed by atoms with Crippen molar-refractivity contribution in [2.24, 2.45) is 0 Å². The van der Waals surface area contributed by atoms with Crippen molar-refractivity contribution in [3.05, 3.63) is 0 Å². The highest BCUT2D eigenvalue weighted by molar-refractivity contribution is 5.02. The molecule has 1 saturated carbocycles. The number of ether oxygens (including phenoxy) is 1. The van der Waals surface area contributed by atoms with E-state index in [1.54, 1.807) is 0 Å². The maximum atomic E-state index is 9.56. The molecule has 2 nitrogen and oxygen atoms in total. The Labute approximate surface area is 54.8 Å². The minimum atomic E-state index is -0.511. The molecule has 1 saturated heterocycles. The second kappa shape index (κ2) is 1.50. The summed E-state index contributed by atoms with van der Waals surface area (Å²) in [6.07, 6.45) is 3.75. The van der Waals surface area contributed by atoms with Gasteiger partial charge in [-0.1, -0.05) is 0 Å². The van der Waals surface area contributed by atoms with Gasteiger partial charge in [0.1, 0.15) is 6.10 Å². The fourth-order valence-electron chi connectivity index (χ4n) is 1.71. The third-order valence-electron chi connectivity index (χ3n) is 2.37. The van der Waals surface area contributed by atoms with E-state index in [-0.39, 0.29) is 6.10 Å². The van der Waals surface area contributed by atoms with Gasteiger partial charge in [0.15, 0.2) is 0 Å². The fraction of sp³-hybridized carbons (Fsp3) is 1.00. The van der Waals surface area contributed by atoms with Crippen molar-refractivity contribution in [2.75, 3.05) is 0 Å². The Hall–Kier alpha value is -0.0800. The molecule has 0 amide bonds. The van der Waals surface area contributed by atoms with E-state index in [2.05, 4.69) is 0 Å². The van der Waals surface area contributed by atoms with Crippen LogP contribution in [-0.2, 0) is 4.74 Å². The fourth-order valence-corrected chi connectivity index (χ4v) is 1.71. The number of hydrogen-bond acceptors (Lipinski definition) is 2. The summed E-state index contributed by atoms with van der Waals surface area (Å²) in [4.78, 5) is 0. The second-order valence-corrected chi connectivity index (χ2v) is 3.34. The van der Waals surface area contributed by atoms with Crippen LogP contribution in [0.25, 0.3) is 0 Å². The molecule has 2 aliphatic rings. The van der Waals surface area contributed by atoms with Crippen LogP contribution in [0.3, 0.4) is 0 Å². The molecule has 1 N–H and O–H groups in total. The van der Waals surface area contributed by atoms with E-state index in [9.17, 15) is 5.11 Å². The van der Waals surface area contributed by atoms with Crippen molar-refractivity contribution in [1.29, 1.82) is 0 Å². The van der Waals surface area contributed by atoms with Gasteiger partial charge in [0, 0.05) is 0 Å². The predicted molar refractivity (Wildman–Crippen MR) is 33.1 cm³/mol. The highest BCUT2D eigenvalue weighted by Crippen LogP contribution is 2.42. The summed E-state index contributed by atoms with van der Waals surface area (Å²) in [6, 6.07) is 0. The topological polar surface area (TPSA) is 32.8 Å². The van der Waals surface area contributed by atoms with Crippen LogP contribution in [0.1, 0.15) is 26.2 Å². The predicted octanol–water partition coefficient (Wildman–Crippen LogP) is 0.689.